The van der Waals surface area contributed by atoms with E-state index in [4.69, 9.17) is 4.52 Å². The number of nitrogens with zero attached hydrogens (tertiary/aromatic N) is 5. The lowest BCUT2D eigenvalue weighted by Gasteiger charge is -2.22. The smallest absolute Gasteiger partial charge is 0.230 e. The topological polar surface area (TPSA) is 81.7 Å². The van der Waals surface area contributed by atoms with Crippen LogP contribution < -0.4 is 5.32 Å². The summed E-state index contributed by atoms with van der Waals surface area (Å²) in [7, 11) is 0. The van der Waals surface area contributed by atoms with Gasteiger partial charge in [-0.1, -0.05) is 17.3 Å². The number of pyridine rings is 1. The average molecular weight is 409 g/mol. The molecule has 2 aliphatic rings. The van der Waals surface area contributed by atoms with E-state index in [1.54, 1.807) is 12.5 Å². The predicted octanol–water partition coefficient (Wildman–Crippen LogP) is 3.75. The zero-order chi connectivity index (χ0) is 18.6. The van der Waals surface area contributed by atoms with Crippen molar-refractivity contribution < 1.29 is 4.52 Å². The second kappa shape index (κ2) is 6.93. The molecule has 1 saturated carbocycles. The number of imidazole rings is 1. The SMILES string of the molecule is Cl.c1ccc2c(c1)ncn2-c1ccc(-c2noc(C3CC34CCNCC4)n2)cn1. The molecule has 6 rings (SSSR count). The van der Waals surface area contributed by atoms with Crippen molar-refractivity contribution in [3.63, 3.8) is 0 Å². The van der Waals surface area contributed by atoms with Gasteiger partial charge >= 0.3 is 0 Å². The Morgan fingerprint density at radius 1 is 1.07 bits per heavy atom. The van der Waals surface area contributed by atoms with Crippen LogP contribution in [0.15, 0.2) is 53.4 Å². The Morgan fingerprint density at radius 3 is 2.76 bits per heavy atom. The summed E-state index contributed by atoms with van der Waals surface area (Å²) in [6, 6.07) is 12.0. The van der Waals surface area contributed by atoms with E-state index in [1.165, 1.54) is 19.3 Å². The number of fused-ring (bicyclic) bond motifs is 1. The molecule has 1 aliphatic heterocycles. The van der Waals surface area contributed by atoms with Gasteiger partial charge in [-0.25, -0.2) is 9.97 Å². The Labute approximate surface area is 174 Å². The number of piperidine rings is 1. The van der Waals surface area contributed by atoms with Crippen LogP contribution in [0.2, 0.25) is 0 Å². The molecular weight excluding hydrogens is 388 g/mol. The molecule has 4 heterocycles. The van der Waals surface area contributed by atoms with E-state index >= 15 is 0 Å². The molecule has 0 amide bonds. The molecule has 4 aromatic rings. The summed E-state index contributed by atoms with van der Waals surface area (Å²) in [6.07, 6.45) is 7.16. The Kier molecular flexibility index (Phi) is 4.37. The maximum absolute atomic E-state index is 5.61. The van der Waals surface area contributed by atoms with Crippen molar-refractivity contribution in [3.8, 4) is 17.2 Å². The third-order valence-electron chi connectivity index (χ3n) is 6.24. The molecule has 1 unspecified atom stereocenters. The summed E-state index contributed by atoms with van der Waals surface area (Å²) in [5.41, 5.74) is 3.24. The molecule has 0 radical (unpaired) electrons. The summed E-state index contributed by atoms with van der Waals surface area (Å²) in [5.74, 6) is 2.62. The van der Waals surface area contributed by atoms with Crippen molar-refractivity contribution in [1.82, 2.24) is 30.0 Å². The molecule has 0 bridgehead atoms. The number of hydrogen-bond acceptors (Lipinski definition) is 6. The fourth-order valence-corrected chi connectivity index (χ4v) is 4.47. The van der Waals surface area contributed by atoms with Gasteiger partial charge in [-0.15, -0.1) is 12.4 Å². The summed E-state index contributed by atoms with van der Waals surface area (Å²) in [4.78, 5) is 13.7. The van der Waals surface area contributed by atoms with E-state index in [0.29, 0.717) is 17.2 Å². The molecule has 1 aromatic carbocycles. The second-order valence-electron chi connectivity index (χ2n) is 7.83. The van der Waals surface area contributed by atoms with Gasteiger partial charge in [0.05, 0.1) is 11.0 Å². The molecule has 29 heavy (non-hydrogen) atoms. The van der Waals surface area contributed by atoms with Crippen molar-refractivity contribution in [2.75, 3.05) is 13.1 Å². The molecule has 3 aromatic heterocycles. The van der Waals surface area contributed by atoms with Crippen LogP contribution in [0.1, 0.15) is 31.1 Å². The summed E-state index contributed by atoms with van der Waals surface area (Å²) in [6.45, 7) is 2.18. The minimum Gasteiger partial charge on any atom is -0.339 e. The van der Waals surface area contributed by atoms with E-state index in [9.17, 15) is 0 Å². The van der Waals surface area contributed by atoms with Gasteiger partial charge in [-0.3, -0.25) is 4.57 Å². The first-order chi connectivity index (χ1) is 13.8. The van der Waals surface area contributed by atoms with E-state index < -0.39 is 0 Å². The summed E-state index contributed by atoms with van der Waals surface area (Å²) in [5, 5.41) is 7.64. The van der Waals surface area contributed by atoms with Crippen molar-refractivity contribution in [3.05, 3.63) is 54.8 Å². The zero-order valence-electron chi connectivity index (χ0n) is 15.8. The third-order valence-corrected chi connectivity index (χ3v) is 6.24. The first-order valence-corrected chi connectivity index (χ1v) is 9.76. The van der Waals surface area contributed by atoms with Crippen LogP contribution in [-0.4, -0.2) is 37.8 Å². The summed E-state index contributed by atoms with van der Waals surface area (Å²) >= 11 is 0. The van der Waals surface area contributed by atoms with Crippen LogP contribution in [0.25, 0.3) is 28.2 Å². The van der Waals surface area contributed by atoms with Crippen LogP contribution in [0.5, 0.6) is 0 Å². The number of halogens is 1. The van der Waals surface area contributed by atoms with Crippen LogP contribution in [0, 0.1) is 5.41 Å². The minimum atomic E-state index is 0. The molecule has 1 N–H and O–H groups in total. The number of aromatic nitrogens is 5. The minimum absolute atomic E-state index is 0. The number of para-hydroxylation sites is 2. The lowest BCUT2D eigenvalue weighted by Crippen LogP contribution is -2.29. The normalized spacial score (nSPS) is 19.9. The molecule has 1 saturated heterocycles. The van der Waals surface area contributed by atoms with E-state index in [0.717, 1.165) is 41.4 Å². The lowest BCUT2D eigenvalue weighted by atomic mass is 9.92. The van der Waals surface area contributed by atoms with Gasteiger partial charge in [0.25, 0.3) is 0 Å². The molecule has 1 aliphatic carbocycles. The second-order valence-corrected chi connectivity index (χ2v) is 7.83. The highest BCUT2D eigenvalue weighted by atomic mass is 35.5. The first-order valence-electron chi connectivity index (χ1n) is 9.76. The average Bonchev–Trinajstić information content (AvgIpc) is 3.13. The molecule has 2 fully saturated rings. The standard InChI is InChI=1S/C21H20N6O.ClH/c1-2-4-17-16(3-1)24-13-27(17)18-6-5-14(12-23-18)19-25-20(28-26-19)15-11-21(15)7-9-22-10-8-21;/h1-6,12-13,15,22H,7-11H2;1H. The first kappa shape index (κ1) is 18.3. The van der Waals surface area contributed by atoms with Crippen LogP contribution in [-0.2, 0) is 0 Å². The van der Waals surface area contributed by atoms with Crippen molar-refractivity contribution in [1.29, 1.82) is 0 Å². The van der Waals surface area contributed by atoms with Crippen LogP contribution in [0.3, 0.4) is 0 Å². The maximum Gasteiger partial charge on any atom is 0.230 e. The van der Waals surface area contributed by atoms with Gasteiger partial charge in [0.1, 0.15) is 12.1 Å². The molecule has 148 valence electrons. The highest BCUT2D eigenvalue weighted by molar-refractivity contribution is 5.85. The van der Waals surface area contributed by atoms with Gasteiger partial charge in [-0.05, 0) is 62.0 Å². The fourth-order valence-electron chi connectivity index (χ4n) is 4.47. The number of rotatable bonds is 3. The Balaban J connectivity index is 0.00000181. The highest BCUT2D eigenvalue weighted by Gasteiger charge is 2.57. The lowest BCUT2D eigenvalue weighted by molar-refractivity contribution is 0.311. The molecule has 1 spiro atoms. The third kappa shape index (κ3) is 3.01. The van der Waals surface area contributed by atoms with Gasteiger partial charge in [-0.2, -0.15) is 4.98 Å². The largest absolute Gasteiger partial charge is 0.339 e. The van der Waals surface area contributed by atoms with Gasteiger partial charge in [0.15, 0.2) is 0 Å². The Morgan fingerprint density at radius 2 is 1.93 bits per heavy atom. The van der Waals surface area contributed by atoms with Crippen LogP contribution >= 0.6 is 12.4 Å². The quantitative estimate of drug-likeness (QED) is 0.556. The number of hydrogen-bond donors (Lipinski definition) is 1. The van der Waals surface area contributed by atoms with Crippen molar-refractivity contribution in [2.45, 2.75) is 25.2 Å². The molecule has 7 nitrogen and oxygen atoms in total. The highest BCUT2D eigenvalue weighted by Crippen LogP contribution is 2.63. The fraction of sp³-hybridized carbons (Fsp3) is 0.333. The van der Waals surface area contributed by atoms with Gasteiger partial charge in [0, 0.05) is 17.7 Å². The van der Waals surface area contributed by atoms with E-state index in [-0.39, 0.29) is 12.4 Å². The maximum atomic E-state index is 5.61. The van der Waals surface area contributed by atoms with Crippen LogP contribution in [0.4, 0.5) is 0 Å². The van der Waals surface area contributed by atoms with E-state index in [2.05, 4.69) is 25.4 Å². The summed E-state index contributed by atoms with van der Waals surface area (Å²) < 4.78 is 7.58. The van der Waals surface area contributed by atoms with Gasteiger partial charge < -0.3 is 9.84 Å². The molecular formula is C21H21ClN6O. The van der Waals surface area contributed by atoms with Crippen molar-refractivity contribution in [2.24, 2.45) is 5.41 Å². The molecule has 1 atom stereocenters. The zero-order valence-corrected chi connectivity index (χ0v) is 16.6. The molecule has 8 heteroatoms. The predicted molar refractivity (Wildman–Crippen MR) is 111 cm³/mol. The number of benzene rings is 1. The monoisotopic (exact) mass is 408 g/mol. The van der Waals surface area contributed by atoms with E-state index in [1.807, 2.05) is 41.0 Å². The Bertz CT molecular complexity index is 1150. The Hall–Kier alpha value is -2.77. The van der Waals surface area contributed by atoms with Gasteiger partial charge in [0.2, 0.25) is 11.7 Å². The van der Waals surface area contributed by atoms with Crippen molar-refractivity contribution >= 4 is 23.4 Å². The number of nitrogens with one attached hydrogen (secondary N) is 1.